The van der Waals surface area contributed by atoms with Gasteiger partial charge in [0.2, 0.25) is 5.91 Å². The van der Waals surface area contributed by atoms with Crippen LogP contribution in [0.15, 0.2) is 9.85 Å². The summed E-state index contributed by atoms with van der Waals surface area (Å²) in [5.41, 5.74) is 0.910. The maximum absolute atomic E-state index is 11.9. The van der Waals surface area contributed by atoms with Gasteiger partial charge in [0.15, 0.2) is 0 Å². The van der Waals surface area contributed by atoms with E-state index >= 15 is 0 Å². The maximum atomic E-state index is 11.9. The fraction of sp³-hybridized carbons (Fsp3) is 0.500. The average Bonchev–Trinajstić information content (AvgIpc) is 2.44. The number of hydrogen-bond donors (Lipinski definition) is 0. The van der Waals surface area contributed by atoms with Crippen molar-refractivity contribution < 1.29 is 4.79 Å². The molecule has 0 radical (unpaired) electrons. The molecule has 0 bridgehead atoms. The molecule has 0 unspecified atom stereocenters. The molecule has 0 atom stereocenters. The Morgan fingerprint density at radius 3 is 2.86 bits per heavy atom. The van der Waals surface area contributed by atoms with Crippen LogP contribution in [-0.2, 0) is 16.8 Å². The van der Waals surface area contributed by atoms with Crippen molar-refractivity contribution in [2.24, 2.45) is 0 Å². The van der Waals surface area contributed by atoms with E-state index in [1.807, 2.05) is 20.9 Å². The van der Waals surface area contributed by atoms with Crippen molar-refractivity contribution in [2.45, 2.75) is 25.8 Å². The molecule has 0 fully saturated rings. The maximum Gasteiger partial charge on any atom is 0.233 e. The van der Waals surface area contributed by atoms with Crippen molar-refractivity contribution in [3.05, 3.63) is 20.3 Å². The Morgan fingerprint density at radius 2 is 2.21 bits per heavy atom. The van der Waals surface area contributed by atoms with Crippen LogP contribution < -0.4 is 0 Å². The second-order valence-electron chi connectivity index (χ2n) is 4.19. The first-order valence-corrected chi connectivity index (χ1v) is 6.08. The SMILES string of the molecule is CN1Cc2cc(Br)sc2C(C)(C)C1=O. The molecule has 1 aliphatic rings. The lowest BCUT2D eigenvalue weighted by Crippen LogP contribution is -2.44. The van der Waals surface area contributed by atoms with Crippen molar-refractivity contribution in [1.82, 2.24) is 4.90 Å². The molecule has 0 N–H and O–H groups in total. The molecular weight excluding hydrogens is 262 g/mol. The van der Waals surface area contributed by atoms with Gasteiger partial charge in [0.25, 0.3) is 0 Å². The van der Waals surface area contributed by atoms with Gasteiger partial charge in [-0.3, -0.25) is 4.79 Å². The minimum Gasteiger partial charge on any atom is -0.341 e. The lowest BCUT2D eigenvalue weighted by Gasteiger charge is -2.34. The third-order valence-electron chi connectivity index (χ3n) is 2.64. The highest BCUT2D eigenvalue weighted by Crippen LogP contribution is 2.41. The number of hydrogen-bond acceptors (Lipinski definition) is 2. The van der Waals surface area contributed by atoms with Crippen LogP contribution in [0, 0.1) is 0 Å². The molecule has 1 aromatic rings. The predicted molar refractivity (Wildman–Crippen MR) is 61.5 cm³/mol. The average molecular weight is 274 g/mol. The number of nitrogens with zero attached hydrogens (tertiary/aromatic N) is 1. The highest BCUT2D eigenvalue weighted by Gasteiger charge is 2.39. The third-order valence-corrected chi connectivity index (χ3v) is 4.64. The van der Waals surface area contributed by atoms with E-state index in [9.17, 15) is 4.79 Å². The summed E-state index contributed by atoms with van der Waals surface area (Å²) < 4.78 is 1.11. The Bertz CT molecular complexity index is 397. The summed E-state index contributed by atoms with van der Waals surface area (Å²) in [6.07, 6.45) is 0. The van der Waals surface area contributed by atoms with Crippen LogP contribution in [0.1, 0.15) is 24.3 Å². The van der Waals surface area contributed by atoms with Gasteiger partial charge in [0.1, 0.15) is 0 Å². The molecule has 2 heterocycles. The fourth-order valence-corrected chi connectivity index (χ4v) is 3.70. The summed E-state index contributed by atoms with van der Waals surface area (Å²) in [4.78, 5) is 14.9. The van der Waals surface area contributed by atoms with Crippen molar-refractivity contribution in [2.75, 3.05) is 7.05 Å². The van der Waals surface area contributed by atoms with E-state index in [-0.39, 0.29) is 11.3 Å². The van der Waals surface area contributed by atoms with Gasteiger partial charge in [-0.2, -0.15) is 0 Å². The molecule has 2 rings (SSSR count). The normalized spacial score (nSPS) is 19.7. The Kier molecular flexibility index (Phi) is 2.23. The Labute approximate surface area is 96.0 Å². The Morgan fingerprint density at radius 1 is 1.57 bits per heavy atom. The number of thiophene rings is 1. The molecular formula is C10H12BrNOS. The van der Waals surface area contributed by atoms with Crippen molar-refractivity contribution in [1.29, 1.82) is 0 Å². The summed E-state index contributed by atoms with van der Waals surface area (Å²) in [6.45, 7) is 4.72. The molecule has 0 spiro atoms. The van der Waals surface area contributed by atoms with Gasteiger partial charge in [-0.15, -0.1) is 11.3 Å². The molecule has 0 aliphatic carbocycles. The Hall–Kier alpha value is -0.350. The molecule has 0 saturated heterocycles. The first-order chi connectivity index (χ1) is 6.43. The molecule has 1 amide bonds. The molecule has 14 heavy (non-hydrogen) atoms. The van der Waals surface area contributed by atoms with Crippen LogP contribution in [0.5, 0.6) is 0 Å². The largest absolute Gasteiger partial charge is 0.341 e. The highest BCUT2D eigenvalue weighted by molar-refractivity contribution is 9.11. The van der Waals surface area contributed by atoms with Crippen LogP contribution >= 0.6 is 27.3 Å². The number of likely N-dealkylation sites (N-methyl/N-ethyl adjacent to an activating group) is 1. The topological polar surface area (TPSA) is 20.3 Å². The molecule has 0 aromatic carbocycles. The van der Waals surface area contributed by atoms with Gasteiger partial charge in [-0.25, -0.2) is 0 Å². The van der Waals surface area contributed by atoms with E-state index in [0.29, 0.717) is 0 Å². The van der Waals surface area contributed by atoms with Gasteiger partial charge < -0.3 is 4.90 Å². The highest BCUT2D eigenvalue weighted by atomic mass is 79.9. The van der Waals surface area contributed by atoms with Crippen LogP contribution in [0.4, 0.5) is 0 Å². The summed E-state index contributed by atoms with van der Waals surface area (Å²) in [5.74, 6) is 0.208. The first-order valence-electron chi connectivity index (χ1n) is 4.47. The zero-order chi connectivity index (χ0) is 10.5. The second-order valence-corrected chi connectivity index (χ2v) is 6.62. The second kappa shape index (κ2) is 3.07. The predicted octanol–water partition coefficient (Wildman–Crippen LogP) is 2.76. The first kappa shape index (κ1) is 10.2. The third kappa shape index (κ3) is 1.32. The zero-order valence-corrected chi connectivity index (χ0v) is 10.8. The number of amides is 1. The van der Waals surface area contributed by atoms with E-state index in [1.54, 1.807) is 16.2 Å². The molecule has 0 saturated carbocycles. The fourth-order valence-electron chi connectivity index (χ4n) is 1.94. The molecule has 76 valence electrons. The van der Waals surface area contributed by atoms with Crippen LogP contribution in [0.3, 0.4) is 0 Å². The van der Waals surface area contributed by atoms with Crippen LogP contribution in [0.25, 0.3) is 0 Å². The molecule has 1 aromatic heterocycles. The van der Waals surface area contributed by atoms with E-state index in [1.165, 1.54) is 10.4 Å². The van der Waals surface area contributed by atoms with E-state index < -0.39 is 0 Å². The van der Waals surface area contributed by atoms with Gasteiger partial charge in [-0.1, -0.05) is 0 Å². The van der Waals surface area contributed by atoms with Gasteiger partial charge in [-0.05, 0) is 41.4 Å². The van der Waals surface area contributed by atoms with Crippen molar-refractivity contribution >= 4 is 33.2 Å². The van der Waals surface area contributed by atoms with Gasteiger partial charge in [0.05, 0.1) is 9.20 Å². The van der Waals surface area contributed by atoms with Crippen molar-refractivity contribution in [3.63, 3.8) is 0 Å². The van der Waals surface area contributed by atoms with Gasteiger partial charge >= 0.3 is 0 Å². The number of carbonyl (C=O) groups is 1. The lowest BCUT2D eigenvalue weighted by atomic mass is 9.84. The number of rotatable bonds is 0. The Balaban J connectivity index is 2.59. The van der Waals surface area contributed by atoms with Crippen LogP contribution in [0.2, 0.25) is 0 Å². The molecule has 1 aliphatic heterocycles. The molecule has 2 nitrogen and oxygen atoms in total. The molecule has 4 heteroatoms. The summed E-state index contributed by atoms with van der Waals surface area (Å²) in [6, 6.07) is 2.12. The number of halogens is 1. The summed E-state index contributed by atoms with van der Waals surface area (Å²) >= 11 is 5.14. The number of carbonyl (C=O) groups excluding carboxylic acids is 1. The minimum atomic E-state index is -0.362. The monoisotopic (exact) mass is 273 g/mol. The standard InChI is InChI=1S/C10H12BrNOS/c1-10(2)8-6(4-7(11)14-8)5-12(3)9(10)13/h4H,5H2,1-3H3. The van der Waals surface area contributed by atoms with E-state index in [4.69, 9.17) is 0 Å². The van der Waals surface area contributed by atoms with Crippen LogP contribution in [-0.4, -0.2) is 17.9 Å². The van der Waals surface area contributed by atoms with Gasteiger partial charge in [0, 0.05) is 18.5 Å². The summed E-state index contributed by atoms with van der Waals surface area (Å²) in [7, 11) is 1.86. The van der Waals surface area contributed by atoms with E-state index in [2.05, 4.69) is 22.0 Å². The van der Waals surface area contributed by atoms with E-state index in [0.717, 1.165) is 10.3 Å². The lowest BCUT2D eigenvalue weighted by molar-refractivity contribution is -0.136. The number of fused-ring (bicyclic) bond motifs is 1. The summed E-state index contributed by atoms with van der Waals surface area (Å²) in [5, 5.41) is 0. The minimum absolute atomic E-state index is 0.208. The zero-order valence-electron chi connectivity index (χ0n) is 8.43. The smallest absolute Gasteiger partial charge is 0.233 e. The quantitative estimate of drug-likeness (QED) is 0.712. The van der Waals surface area contributed by atoms with Crippen molar-refractivity contribution in [3.8, 4) is 0 Å².